The van der Waals surface area contributed by atoms with E-state index >= 15 is 0 Å². The molecule has 2 aromatic rings. The molecular formula is C10H6F3N3O. The predicted molar refractivity (Wildman–Crippen MR) is 52.2 cm³/mol. The van der Waals surface area contributed by atoms with Crippen LogP contribution in [0.2, 0.25) is 0 Å². The number of rotatable bonds is 2. The maximum atomic E-state index is 12.3. The number of aldehydes is 1. The van der Waals surface area contributed by atoms with Gasteiger partial charge in [0, 0.05) is 5.56 Å². The Bertz CT molecular complexity index is 530. The van der Waals surface area contributed by atoms with E-state index in [1.807, 2.05) is 0 Å². The Morgan fingerprint density at radius 3 is 2.24 bits per heavy atom. The fourth-order valence-corrected chi connectivity index (χ4v) is 1.28. The monoisotopic (exact) mass is 241 g/mol. The van der Waals surface area contributed by atoms with Crippen molar-refractivity contribution in [3.8, 4) is 11.4 Å². The van der Waals surface area contributed by atoms with Gasteiger partial charge >= 0.3 is 6.18 Å². The summed E-state index contributed by atoms with van der Waals surface area (Å²) in [6.07, 6.45) is -3.89. The van der Waals surface area contributed by atoms with Crippen LogP contribution in [0.15, 0.2) is 24.3 Å². The first-order chi connectivity index (χ1) is 8.00. The van der Waals surface area contributed by atoms with E-state index < -0.39 is 11.7 Å². The Kier molecular flexibility index (Phi) is 2.66. The number of halogens is 3. The van der Waals surface area contributed by atoms with Crippen molar-refractivity contribution in [3.05, 3.63) is 35.7 Å². The van der Waals surface area contributed by atoms with Crippen molar-refractivity contribution < 1.29 is 18.0 Å². The van der Waals surface area contributed by atoms with Crippen LogP contribution >= 0.6 is 0 Å². The summed E-state index contributed by atoms with van der Waals surface area (Å²) in [5, 5.41) is 7.12. The molecule has 88 valence electrons. The fraction of sp³-hybridized carbons (Fsp3) is 0.100. The van der Waals surface area contributed by atoms with E-state index in [-0.39, 0.29) is 11.6 Å². The quantitative estimate of drug-likeness (QED) is 0.820. The number of aromatic nitrogens is 3. The lowest BCUT2D eigenvalue weighted by Gasteiger charge is -2.06. The van der Waals surface area contributed by atoms with Gasteiger partial charge in [0.25, 0.3) is 0 Å². The van der Waals surface area contributed by atoms with E-state index in [9.17, 15) is 18.0 Å². The number of hydrogen-bond donors (Lipinski definition) is 1. The zero-order valence-corrected chi connectivity index (χ0v) is 8.32. The van der Waals surface area contributed by atoms with Gasteiger partial charge in [0.15, 0.2) is 17.9 Å². The highest BCUT2D eigenvalue weighted by molar-refractivity contribution is 5.70. The van der Waals surface area contributed by atoms with Crippen molar-refractivity contribution in [2.24, 2.45) is 0 Å². The molecule has 0 bridgehead atoms. The number of alkyl halides is 3. The molecular weight excluding hydrogens is 235 g/mol. The van der Waals surface area contributed by atoms with Gasteiger partial charge in [-0.2, -0.15) is 13.2 Å². The lowest BCUT2D eigenvalue weighted by Crippen LogP contribution is -2.04. The second-order valence-electron chi connectivity index (χ2n) is 3.25. The summed E-state index contributed by atoms with van der Waals surface area (Å²) in [5.41, 5.74) is -0.310. The third-order valence-corrected chi connectivity index (χ3v) is 2.10. The molecule has 0 aliphatic rings. The Labute approximate surface area is 93.5 Å². The smallest absolute Gasteiger partial charge is 0.319 e. The third-order valence-electron chi connectivity index (χ3n) is 2.10. The average Bonchev–Trinajstić information content (AvgIpc) is 2.76. The molecule has 1 aromatic carbocycles. The van der Waals surface area contributed by atoms with Gasteiger partial charge < -0.3 is 4.98 Å². The zero-order valence-electron chi connectivity index (χ0n) is 8.32. The standard InChI is InChI=1S/C10H6F3N3O/c11-10(12,13)7-3-1-6(2-4-7)9-14-8(5-17)15-16-9/h1-5H,(H,14,15,16). The molecule has 0 radical (unpaired) electrons. The van der Waals surface area contributed by atoms with Gasteiger partial charge in [-0.1, -0.05) is 12.1 Å². The van der Waals surface area contributed by atoms with Crippen LogP contribution in [0.5, 0.6) is 0 Å². The summed E-state index contributed by atoms with van der Waals surface area (Å²) in [5.74, 6) is 0.278. The van der Waals surface area contributed by atoms with Gasteiger partial charge in [-0.05, 0) is 12.1 Å². The van der Waals surface area contributed by atoms with Crippen molar-refractivity contribution in [2.75, 3.05) is 0 Å². The molecule has 0 atom stereocenters. The molecule has 1 heterocycles. The molecule has 0 saturated heterocycles. The molecule has 7 heteroatoms. The summed E-state index contributed by atoms with van der Waals surface area (Å²) in [4.78, 5) is 12.9. The van der Waals surface area contributed by atoms with Crippen molar-refractivity contribution in [1.29, 1.82) is 0 Å². The van der Waals surface area contributed by atoms with E-state index in [1.54, 1.807) is 0 Å². The molecule has 2 rings (SSSR count). The molecule has 1 aromatic heterocycles. The highest BCUT2D eigenvalue weighted by atomic mass is 19.4. The van der Waals surface area contributed by atoms with Crippen LogP contribution in [-0.2, 0) is 6.18 Å². The Morgan fingerprint density at radius 1 is 1.12 bits per heavy atom. The van der Waals surface area contributed by atoms with E-state index in [0.717, 1.165) is 12.1 Å². The second-order valence-corrected chi connectivity index (χ2v) is 3.25. The average molecular weight is 241 g/mol. The van der Waals surface area contributed by atoms with Crippen LogP contribution in [0, 0.1) is 0 Å². The normalized spacial score (nSPS) is 11.5. The van der Waals surface area contributed by atoms with Crippen LogP contribution in [-0.4, -0.2) is 21.5 Å². The number of aromatic amines is 1. The number of carbonyl (C=O) groups excluding carboxylic acids is 1. The minimum atomic E-state index is -4.37. The molecule has 0 unspecified atom stereocenters. The zero-order chi connectivity index (χ0) is 12.5. The second kappa shape index (κ2) is 4.00. The van der Waals surface area contributed by atoms with Crippen molar-refractivity contribution in [2.45, 2.75) is 6.18 Å². The maximum Gasteiger partial charge on any atom is 0.416 e. The first kappa shape index (κ1) is 11.3. The molecule has 0 fully saturated rings. The molecule has 0 aliphatic heterocycles. The van der Waals surface area contributed by atoms with Gasteiger partial charge in [0.1, 0.15) is 0 Å². The van der Waals surface area contributed by atoms with Crippen LogP contribution < -0.4 is 0 Å². The molecule has 4 nitrogen and oxygen atoms in total. The van der Waals surface area contributed by atoms with Crippen LogP contribution in [0.4, 0.5) is 13.2 Å². The predicted octanol–water partition coefficient (Wildman–Crippen LogP) is 2.30. The first-order valence-corrected chi connectivity index (χ1v) is 4.56. The summed E-state index contributed by atoms with van der Waals surface area (Å²) in [7, 11) is 0. The Morgan fingerprint density at radius 2 is 1.76 bits per heavy atom. The number of nitrogens with zero attached hydrogens (tertiary/aromatic N) is 2. The van der Waals surface area contributed by atoms with Crippen LogP contribution in [0.3, 0.4) is 0 Å². The maximum absolute atomic E-state index is 12.3. The van der Waals surface area contributed by atoms with Crippen molar-refractivity contribution >= 4 is 6.29 Å². The number of nitrogens with one attached hydrogen (secondary N) is 1. The molecule has 0 saturated carbocycles. The third kappa shape index (κ3) is 2.32. The number of hydrogen-bond acceptors (Lipinski definition) is 3. The van der Waals surface area contributed by atoms with Gasteiger partial charge in [0.2, 0.25) is 0 Å². The topological polar surface area (TPSA) is 58.6 Å². The van der Waals surface area contributed by atoms with Gasteiger partial charge in [-0.25, -0.2) is 0 Å². The highest BCUT2D eigenvalue weighted by Gasteiger charge is 2.30. The summed E-state index contributed by atoms with van der Waals surface area (Å²) < 4.78 is 36.9. The summed E-state index contributed by atoms with van der Waals surface area (Å²) in [6, 6.07) is 4.41. The van der Waals surface area contributed by atoms with E-state index in [1.165, 1.54) is 12.1 Å². The number of H-pyrrole nitrogens is 1. The van der Waals surface area contributed by atoms with Gasteiger partial charge in [0.05, 0.1) is 5.56 Å². The number of carbonyl (C=O) groups is 1. The lowest BCUT2D eigenvalue weighted by atomic mass is 10.1. The molecule has 17 heavy (non-hydrogen) atoms. The first-order valence-electron chi connectivity index (χ1n) is 4.56. The number of benzene rings is 1. The highest BCUT2D eigenvalue weighted by Crippen LogP contribution is 2.30. The van der Waals surface area contributed by atoms with E-state index in [0.29, 0.717) is 11.8 Å². The minimum absolute atomic E-state index is 0.0277. The van der Waals surface area contributed by atoms with Gasteiger partial charge in [-0.15, -0.1) is 10.2 Å². The molecule has 0 aliphatic carbocycles. The van der Waals surface area contributed by atoms with Crippen molar-refractivity contribution in [3.63, 3.8) is 0 Å². The summed E-state index contributed by atoms with van der Waals surface area (Å²) >= 11 is 0. The largest absolute Gasteiger partial charge is 0.416 e. The molecule has 0 spiro atoms. The lowest BCUT2D eigenvalue weighted by molar-refractivity contribution is -0.137. The van der Waals surface area contributed by atoms with E-state index in [4.69, 9.17) is 0 Å². The van der Waals surface area contributed by atoms with E-state index in [2.05, 4.69) is 15.2 Å². The van der Waals surface area contributed by atoms with Gasteiger partial charge in [-0.3, -0.25) is 4.79 Å². The SMILES string of the molecule is O=Cc1nnc(-c2ccc(C(F)(F)F)cc2)[nH]1. The van der Waals surface area contributed by atoms with Crippen LogP contribution in [0.25, 0.3) is 11.4 Å². The Balaban J connectivity index is 2.32. The minimum Gasteiger partial charge on any atom is -0.319 e. The Hall–Kier alpha value is -2.18. The fourth-order valence-electron chi connectivity index (χ4n) is 1.28. The molecule has 1 N–H and O–H groups in total. The summed E-state index contributed by atoms with van der Waals surface area (Å²) in [6.45, 7) is 0. The van der Waals surface area contributed by atoms with Crippen LogP contribution in [0.1, 0.15) is 16.2 Å². The van der Waals surface area contributed by atoms with Crippen molar-refractivity contribution in [1.82, 2.24) is 15.2 Å². The molecule has 0 amide bonds.